The van der Waals surface area contributed by atoms with Crippen LogP contribution < -0.4 is 0 Å². The van der Waals surface area contributed by atoms with Crippen LogP contribution in [0.2, 0.25) is 0 Å². The molecule has 0 aliphatic heterocycles. The van der Waals surface area contributed by atoms with Crippen LogP contribution in [-0.2, 0) is 23.7 Å². The topological polar surface area (TPSA) is 46.2 Å². The third-order valence-corrected chi connectivity index (χ3v) is 1.84. The average molecular weight is 248 g/mol. The summed E-state index contributed by atoms with van der Waals surface area (Å²) in [6.45, 7) is 13.1. The third kappa shape index (κ3) is 9.12. The van der Waals surface area contributed by atoms with E-state index < -0.39 is 18.9 Å². The molecule has 5 nitrogen and oxygen atoms in total. The molecule has 0 aromatic heterocycles. The fourth-order valence-electron chi connectivity index (χ4n) is 1.32. The molecule has 0 fully saturated rings. The van der Waals surface area contributed by atoms with E-state index in [0.29, 0.717) is 6.61 Å². The molecule has 0 saturated heterocycles. The Bertz CT molecular complexity index is 197. The number of hydrogen-bond acceptors (Lipinski definition) is 5. The zero-order valence-electron chi connectivity index (χ0n) is 11.3. The van der Waals surface area contributed by atoms with Gasteiger partial charge in [0.05, 0.1) is 6.26 Å². The van der Waals surface area contributed by atoms with E-state index in [4.69, 9.17) is 23.7 Å². The predicted octanol–water partition coefficient (Wildman–Crippen LogP) is 2.62. The molecule has 0 aliphatic rings. The van der Waals surface area contributed by atoms with Gasteiger partial charge in [0.25, 0.3) is 0 Å². The lowest BCUT2D eigenvalue weighted by molar-refractivity contribution is -0.300. The minimum absolute atomic E-state index is 0.302. The highest BCUT2D eigenvalue weighted by Crippen LogP contribution is 2.08. The Labute approximate surface area is 104 Å². The van der Waals surface area contributed by atoms with Crippen LogP contribution in [-0.4, -0.2) is 31.8 Å². The van der Waals surface area contributed by atoms with Gasteiger partial charge in [0.1, 0.15) is 0 Å². The van der Waals surface area contributed by atoms with Crippen LogP contribution in [0.15, 0.2) is 12.8 Å². The number of rotatable bonds is 10. The molecule has 0 bridgehead atoms. The van der Waals surface area contributed by atoms with Crippen LogP contribution in [0.5, 0.6) is 0 Å². The minimum atomic E-state index is -0.436. The molecule has 5 heteroatoms. The summed E-state index contributed by atoms with van der Waals surface area (Å²) in [5.74, 6) is 0. The maximum atomic E-state index is 5.45. The summed E-state index contributed by atoms with van der Waals surface area (Å²) < 4.78 is 26.5. The molecule has 0 heterocycles. The van der Waals surface area contributed by atoms with E-state index in [1.54, 1.807) is 20.8 Å². The molecule has 17 heavy (non-hydrogen) atoms. The van der Waals surface area contributed by atoms with Crippen molar-refractivity contribution in [3.8, 4) is 0 Å². The quantitative estimate of drug-likeness (QED) is 0.439. The molecule has 0 saturated carbocycles. The molecule has 0 amide bonds. The Balaban J connectivity index is 3.78. The number of hydrogen-bond donors (Lipinski definition) is 0. The number of ether oxygens (including phenoxy) is 5. The molecule has 0 radical (unpaired) electrons. The largest absolute Gasteiger partial charge is 0.473 e. The standard InChI is InChI=1S/C12H24O5/c1-7-13-9(3)15-11(5)17-12(6)16-10(4)14-8-2/h7,9-12H,1,8H2,2-6H3. The summed E-state index contributed by atoms with van der Waals surface area (Å²) in [5.41, 5.74) is 0. The third-order valence-electron chi connectivity index (χ3n) is 1.84. The van der Waals surface area contributed by atoms with E-state index in [0.717, 1.165) is 0 Å². The Kier molecular flexibility index (Phi) is 9.07. The Morgan fingerprint density at radius 1 is 0.882 bits per heavy atom. The van der Waals surface area contributed by atoms with Crippen molar-refractivity contribution in [2.45, 2.75) is 59.8 Å². The fraction of sp³-hybridized carbons (Fsp3) is 0.833. The van der Waals surface area contributed by atoms with E-state index in [9.17, 15) is 0 Å². The lowest BCUT2D eigenvalue weighted by atomic mass is 10.6. The zero-order chi connectivity index (χ0) is 13.3. The molecule has 102 valence electrons. The molecule has 0 aromatic rings. The summed E-state index contributed by atoms with van der Waals surface area (Å²) in [7, 11) is 0. The second-order valence-electron chi connectivity index (χ2n) is 3.44. The molecule has 0 aliphatic carbocycles. The van der Waals surface area contributed by atoms with Gasteiger partial charge in [-0.1, -0.05) is 6.58 Å². The van der Waals surface area contributed by atoms with Crippen LogP contribution >= 0.6 is 0 Å². The van der Waals surface area contributed by atoms with E-state index in [-0.39, 0.29) is 6.29 Å². The fourth-order valence-corrected chi connectivity index (χ4v) is 1.32. The van der Waals surface area contributed by atoms with Crippen molar-refractivity contribution in [3.63, 3.8) is 0 Å². The molecule has 0 N–H and O–H groups in total. The van der Waals surface area contributed by atoms with Crippen molar-refractivity contribution in [2.75, 3.05) is 6.61 Å². The summed E-state index contributed by atoms with van der Waals surface area (Å²) in [4.78, 5) is 0. The first-order valence-corrected chi connectivity index (χ1v) is 5.83. The van der Waals surface area contributed by atoms with Gasteiger partial charge in [-0.3, -0.25) is 0 Å². The highest BCUT2D eigenvalue weighted by molar-refractivity contribution is 4.50. The first kappa shape index (κ1) is 16.4. The maximum absolute atomic E-state index is 5.45. The van der Waals surface area contributed by atoms with E-state index in [2.05, 4.69) is 6.58 Å². The van der Waals surface area contributed by atoms with Gasteiger partial charge in [0.2, 0.25) is 0 Å². The predicted molar refractivity (Wildman–Crippen MR) is 64.0 cm³/mol. The summed E-state index contributed by atoms with van der Waals surface area (Å²) >= 11 is 0. The Hall–Kier alpha value is -0.620. The highest BCUT2D eigenvalue weighted by Gasteiger charge is 2.15. The molecular formula is C12H24O5. The molecule has 0 spiro atoms. The lowest BCUT2D eigenvalue weighted by Gasteiger charge is -2.24. The SMILES string of the molecule is C=COC(C)OC(C)OC(C)OC(C)OCC. The normalized spacial score (nSPS) is 18.2. The monoisotopic (exact) mass is 248 g/mol. The van der Waals surface area contributed by atoms with Gasteiger partial charge in [0, 0.05) is 6.61 Å². The highest BCUT2D eigenvalue weighted by atomic mass is 16.8. The van der Waals surface area contributed by atoms with Crippen LogP contribution in [0.1, 0.15) is 34.6 Å². The van der Waals surface area contributed by atoms with E-state index in [1.165, 1.54) is 6.26 Å². The summed E-state index contributed by atoms with van der Waals surface area (Å²) in [6.07, 6.45) is -0.228. The van der Waals surface area contributed by atoms with Crippen molar-refractivity contribution < 1.29 is 23.7 Å². The van der Waals surface area contributed by atoms with Gasteiger partial charge in [-0.05, 0) is 34.6 Å². The lowest BCUT2D eigenvalue weighted by Crippen LogP contribution is -2.29. The van der Waals surface area contributed by atoms with Gasteiger partial charge in [0.15, 0.2) is 25.2 Å². The van der Waals surface area contributed by atoms with Crippen molar-refractivity contribution in [1.82, 2.24) is 0 Å². The zero-order valence-corrected chi connectivity index (χ0v) is 11.3. The van der Waals surface area contributed by atoms with Gasteiger partial charge < -0.3 is 23.7 Å². The van der Waals surface area contributed by atoms with Crippen LogP contribution in [0.4, 0.5) is 0 Å². The van der Waals surface area contributed by atoms with Crippen LogP contribution in [0.3, 0.4) is 0 Å². The van der Waals surface area contributed by atoms with E-state index in [1.807, 2.05) is 13.8 Å². The van der Waals surface area contributed by atoms with Crippen LogP contribution in [0.25, 0.3) is 0 Å². The Morgan fingerprint density at radius 2 is 1.35 bits per heavy atom. The molecule has 0 rings (SSSR count). The van der Waals surface area contributed by atoms with E-state index >= 15 is 0 Å². The Morgan fingerprint density at radius 3 is 1.82 bits per heavy atom. The first-order valence-electron chi connectivity index (χ1n) is 5.83. The van der Waals surface area contributed by atoms with Gasteiger partial charge in [-0.2, -0.15) is 0 Å². The van der Waals surface area contributed by atoms with Gasteiger partial charge >= 0.3 is 0 Å². The first-order chi connectivity index (χ1) is 7.99. The average Bonchev–Trinajstić information content (AvgIpc) is 2.16. The van der Waals surface area contributed by atoms with Crippen molar-refractivity contribution in [2.24, 2.45) is 0 Å². The second kappa shape index (κ2) is 9.41. The van der Waals surface area contributed by atoms with Gasteiger partial charge in [-0.25, -0.2) is 0 Å². The smallest absolute Gasteiger partial charge is 0.198 e. The van der Waals surface area contributed by atoms with Crippen LogP contribution in [0, 0.1) is 0 Å². The van der Waals surface area contributed by atoms with Crippen molar-refractivity contribution in [3.05, 3.63) is 12.8 Å². The molecule has 4 atom stereocenters. The molecular weight excluding hydrogens is 224 g/mol. The molecule has 0 aromatic carbocycles. The van der Waals surface area contributed by atoms with Gasteiger partial charge in [-0.15, -0.1) is 0 Å². The second-order valence-corrected chi connectivity index (χ2v) is 3.44. The van der Waals surface area contributed by atoms with Crippen molar-refractivity contribution >= 4 is 0 Å². The maximum Gasteiger partial charge on any atom is 0.198 e. The van der Waals surface area contributed by atoms with Crippen molar-refractivity contribution in [1.29, 1.82) is 0 Å². The minimum Gasteiger partial charge on any atom is -0.473 e. The molecule has 4 unspecified atom stereocenters. The summed E-state index contributed by atoms with van der Waals surface area (Å²) in [5, 5.41) is 0. The summed E-state index contributed by atoms with van der Waals surface area (Å²) in [6, 6.07) is 0.